The number of esters is 1. The fourth-order valence-corrected chi connectivity index (χ4v) is 2.47. The van der Waals surface area contributed by atoms with E-state index in [2.05, 4.69) is 14.5 Å². The first-order valence-electron chi connectivity index (χ1n) is 6.67. The van der Waals surface area contributed by atoms with E-state index in [-0.39, 0.29) is 12.0 Å². The average molecular weight is 251 g/mol. The van der Waals surface area contributed by atoms with Gasteiger partial charge in [-0.1, -0.05) is 0 Å². The number of ether oxygens (including phenoxy) is 1. The highest BCUT2D eigenvalue weighted by Gasteiger charge is 2.31. The Labute approximate surface area is 108 Å². The van der Waals surface area contributed by atoms with Crippen LogP contribution in [-0.4, -0.2) is 46.2 Å². The quantitative estimate of drug-likeness (QED) is 0.715. The molecule has 0 aromatic carbocycles. The topological polar surface area (TPSA) is 47.4 Å². The van der Waals surface area contributed by atoms with Crippen molar-refractivity contribution >= 4 is 5.97 Å². The van der Waals surface area contributed by atoms with Crippen LogP contribution in [0.1, 0.15) is 26.2 Å². The van der Waals surface area contributed by atoms with Gasteiger partial charge in [-0.15, -0.1) is 0 Å². The number of nitrogens with zero attached hydrogens (tertiary/aromatic N) is 3. The SMILES string of the molecule is CCOC(=O)C1CCCN1CCCn1ccnc1. The molecule has 2 heterocycles. The van der Waals surface area contributed by atoms with Crippen molar-refractivity contribution in [3.63, 3.8) is 0 Å². The van der Waals surface area contributed by atoms with Crippen LogP contribution < -0.4 is 0 Å². The van der Waals surface area contributed by atoms with Crippen molar-refractivity contribution in [3.8, 4) is 0 Å². The van der Waals surface area contributed by atoms with Gasteiger partial charge in [0.2, 0.25) is 0 Å². The Hall–Kier alpha value is -1.36. The number of imidazole rings is 1. The molecule has 5 heteroatoms. The lowest BCUT2D eigenvalue weighted by atomic mass is 10.2. The van der Waals surface area contributed by atoms with Crippen molar-refractivity contribution < 1.29 is 9.53 Å². The molecule has 1 aromatic heterocycles. The summed E-state index contributed by atoms with van der Waals surface area (Å²) in [5.41, 5.74) is 0. The van der Waals surface area contributed by atoms with Crippen LogP contribution in [0.5, 0.6) is 0 Å². The van der Waals surface area contributed by atoms with E-state index >= 15 is 0 Å². The second-order valence-corrected chi connectivity index (χ2v) is 4.60. The Kier molecular flexibility index (Phi) is 4.75. The smallest absolute Gasteiger partial charge is 0.323 e. The standard InChI is InChI=1S/C13H21N3O2/c1-2-18-13(17)12-5-3-8-16(12)9-4-7-15-10-6-14-11-15/h6,10-12H,2-5,7-9H2,1H3. The summed E-state index contributed by atoms with van der Waals surface area (Å²) >= 11 is 0. The molecule has 1 aliphatic rings. The van der Waals surface area contributed by atoms with Crippen LogP contribution in [0.25, 0.3) is 0 Å². The Balaban J connectivity index is 1.75. The number of likely N-dealkylation sites (tertiary alicyclic amines) is 1. The maximum absolute atomic E-state index is 11.8. The van der Waals surface area contributed by atoms with E-state index < -0.39 is 0 Å². The molecular weight excluding hydrogens is 230 g/mol. The minimum atomic E-state index is -0.0577. The molecule has 1 fully saturated rings. The molecule has 1 aliphatic heterocycles. The molecule has 1 atom stereocenters. The average Bonchev–Trinajstić information content (AvgIpc) is 3.00. The van der Waals surface area contributed by atoms with E-state index in [1.807, 2.05) is 19.4 Å². The highest BCUT2D eigenvalue weighted by atomic mass is 16.5. The molecule has 100 valence electrons. The summed E-state index contributed by atoms with van der Waals surface area (Å²) in [5.74, 6) is -0.0577. The first-order valence-corrected chi connectivity index (χ1v) is 6.67. The number of hydrogen-bond acceptors (Lipinski definition) is 4. The van der Waals surface area contributed by atoms with Gasteiger partial charge in [0, 0.05) is 25.5 Å². The van der Waals surface area contributed by atoms with Crippen LogP contribution in [0.4, 0.5) is 0 Å². The van der Waals surface area contributed by atoms with Gasteiger partial charge in [0.25, 0.3) is 0 Å². The zero-order valence-corrected chi connectivity index (χ0v) is 10.9. The van der Waals surface area contributed by atoms with E-state index in [0.29, 0.717) is 6.61 Å². The fraction of sp³-hybridized carbons (Fsp3) is 0.692. The molecule has 1 saturated heterocycles. The largest absolute Gasteiger partial charge is 0.465 e. The Bertz CT molecular complexity index is 364. The first kappa shape index (κ1) is 13.1. The maximum Gasteiger partial charge on any atom is 0.323 e. The highest BCUT2D eigenvalue weighted by Crippen LogP contribution is 2.18. The van der Waals surface area contributed by atoms with Crippen molar-refractivity contribution in [3.05, 3.63) is 18.7 Å². The zero-order valence-electron chi connectivity index (χ0n) is 10.9. The molecule has 0 N–H and O–H groups in total. The minimum Gasteiger partial charge on any atom is -0.465 e. The molecule has 1 unspecified atom stereocenters. The van der Waals surface area contributed by atoms with Crippen LogP contribution in [0, 0.1) is 0 Å². The Morgan fingerprint density at radius 1 is 1.50 bits per heavy atom. The lowest BCUT2D eigenvalue weighted by molar-refractivity contribution is -0.148. The van der Waals surface area contributed by atoms with Gasteiger partial charge in [0.05, 0.1) is 12.9 Å². The van der Waals surface area contributed by atoms with Gasteiger partial charge in [-0.3, -0.25) is 9.69 Å². The normalized spacial score (nSPS) is 20.2. The fourth-order valence-electron chi connectivity index (χ4n) is 2.47. The van der Waals surface area contributed by atoms with E-state index in [4.69, 9.17) is 4.74 Å². The van der Waals surface area contributed by atoms with Crippen molar-refractivity contribution in [2.75, 3.05) is 19.7 Å². The van der Waals surface area contributed by atoms with Crippen LogP contribution in [0.3, 0.4) is 0 Å². The number of rotatable bonds is 6. The van der Waals surface area contributed by atoms with E-state index in [0.717, 1.165) is 38.9 Å². The van der Waals surface area contributed by atoms with Crippen molar-refractivity contribution in [2.24, 2.45) is 0 Å². The van der Waals surface area contributed by atoms with Crippen molar-refractivity contribution in [1.29, 1.82) is 0 Å². The molecular formula is C13H21N3O2. The van der Waals surface area contributed by atoms with Crippen molar-refractivity contribution in [2.45, 2.75) is 38.8 Å². The lowest BCUT2D eigenvalue weighted by Crippen LogP contribution is -2.38. The summed E-state index contributed by atoms with van der Waals surface area (Å²) in [4.78, 5) is 18.0. The van der Waals surface area contributed by atoms with Gasteiger partial charge < -0.3 is 9.30 Å². The second kappa shape index (κ2) is 6.54. The van der Waals surface area contributed by atoms with Gasteiger partial charge in [-0.2, -0.15) is 0 Å². The van der Waals surface area contributed by atoms with Crippen LogP contribution in [0.15, 0.2) is 18.7 Å². The first-order chi connectivity index (χ1) is 8.81. The molecule has 0 aliphatic carbocycles. The van der Waals surface area contributed by atoms with Gasteiger partial charge in [-0.25, -0.2) is 4.98 Å². The predicted octanol–water partition coefficient (Wildman–Crippen LogP) is 1.30. The Morgan fingerprint density at radius 3 is 3.11 bits per heavy atom. The Morgan fingerprint density at radius 2 is 2.39 bits per heavy atom. The lowest BCUT2D eigenvalue weighted by Gasteiger charge is -2.22. The second-order valence-electron chi connectivity index (χ2n) is 4.60. The van der Waals surface area contributed by atoms with Crippen LogP contribution >= 0.6 is 0 Å². The van der Waals surface area contributed by atoms with E-state index in [9.17, 15) is 4.79 Å². The molecule has 0 radical (unpaired) electrons. The molecule has 5 nitrogen and oxygen atoms in total. The molecule has 1 aromatic rings. The molecule has 0 amide bonds. The molecule has 2 rings (SSSR count). The summed E-state index contributed by atoms with van der Waals surface area (Å²) in [7, 11) is 0. The summed E-state index contributed by atoms with van der Waals surface area (Å²) in [6, 6.07) is -0.0206. The predicted molar refractivity (Wildman–Crippen MR) is 68.1 cm³/mol. The van der Waals surface area contributed by atoms with Gasteiger partial charge >= 0.3 is 5.97 Å². The maximum atomic E-state index is 11.8. The summed E-state index contributed by atoms with van der Waals surface area (Å²) in [6.45, 7) is 5.23. The number of aromatic nitrogens is 2. The van der Waals surface area contributed by atoms with Gasteiger partial charge in [-0.05, 0) is 32.7 Å². The monoisotopic (exact) mass is 251 g/mol. The molecule has 0 saturated carbocycles. The van der Waals surface area contributed by atoms with Crippen molar-refractivity contribution in [1.82, 2.24) is 14.5 Å². The van der Waals surface area contributed by atoms with Gasteiger partial charge in [0.1, 0.15) is 6.04 Å². The number of aryl methyl sites for hydroxylation is 1. The summed E-state index contributed by atoms with van der Waals surface area (Å²) in [5, 5.41) is 0. The highest BCUT2D eigenvalue weighted by molar-refractivity contribution is 5.76. The molecule has 0 bridgehead atoms. The molecule has 0 spiro atoms. The summed E-state index contributed by atoms with van der Waals surface area (Å²) in [6.07, 6.45) is 8.64. The third-order valence-electron chi connectivity index (χ3n) is 3.34. The minimum absolute atomic E-state index is 0.0206. The summed E-state index contributed by atoms with van der Waals surface area (Å²) < 4.78 is 7.18. The van der Waals surface area contributed by atoms with E-state index in [1.54, 1.807) is 6.20 Å². The number of hydrogen-bond donors (Lipinski definition) is 0. The van der Waals surface area contributed by atoms with Gasteiger partial charge in [0.15, 0.2) is 0 Å². The third kappa shape index (κ3) is 3.32. The molecule has 18 heavy (non-hydrogen) atoms. The third-order valence-corrected chi connectivity index (χ3v) is 3.34. The number of carbonyl (C=O) groups is 1. The van der Waals surface area contributed by atoms with Crippen LogP contribution in [-0.2, 0) is 16.1 Å². The zero-order chi connectivity index (χ0) is 12.8. The number of carbonyl (C=O) groups excluding carboxylic acids is 1. The van der Waals surface area contributed by atoms with E-state index in [1.165, 1.54) is 0 Å². The van der Waals surface area contributed by atoms with Crippen LogP contribution in [0.2, 0.25) is 0 Å².